The highest BCUT2D eigenvalue weighted by atomic mass is 32.2. The summed E-state index contributed by atoms with van der Waals surface area (Å²) >= 11 is 1.36. The maximum atomic E-state index is 13.9. The molecular weight excluding hydrogens is 788 g/mol. The quantitative estimate of drug-likeness (QED) is 0.0478. The Bertz CT molecular complexity index is 1550. The molecule has 2 fully saturated rings. The van der Waals surface area contributed by atoms with E-state index in [0.717, 1.165) is 9.80 Å². The summed E-state index contributed by atoms with van der Waals surface area (Å²) < 4.78 is 0. The fourth-order valence-corrected chi connectivity index (χ4v) is 6.99. The number of amides is 7. The number of nitrogens with one attached hydrogen (secondary N) is 5. The third kappa shape index (κ3) is 14.7. The Hall–Kier alpha value is -5.03. The van der Waals surface area contributed by atoms with E-state index in [-0.39, 0.29) is 45.2 Å². The highest BCUT2D eigenvalue weighted by Crippen LogP contribution is 2.22. The molecule has 0 aromatic carbocycles. The summed E-state index contributed by atoms with van der Waals surface area (Å²) in [6.07, 6.45) is -0.0888. The number of hydrogen-bond donors (Lipinski definition) is 10. The number of aliphatic hydroxyl groups excluding tert-OH is 1. The molecule has 0 unspecified atom stereocenters. The predicted octanol–water partition coefficient (Wildman–Crippen LogP) is -3.43. The van der Waals surface area contributed by atoms with Crippen LogP contribution in [0.25, 0.3) is 0 Å². The number of aliphatic hydroxyl groups is 1. The van der Waals surface area contributed by atoms with Crippen molar-refractivity contribution in [2.24, 2.45) is 11.7 Å². The lowest BCUT2D eigenvalue weighted by Crippen LogP contribution is -2.62. The van der Waals surface area contributed by atoms with Crippen molar-refractivity contribution < 1.29 is 68.4 Å². The molecule has 0 aromatic rings. The molecule has 0 aromatic heterocycles. The first kappa shape index (κ1) is 49.1. The van der Waals surface area contributed by atoms with Gasteiger partial charge in [0.2, 0.25) is 41.4 Å². The van der Waals surface area contributed by atoms with Gasteiger partial charge in [-0.05, 0) is 63.4 Å². The minimum atomic E-state index is -1.67. The SMILES string of the molecule is CSCC[C@H](NC(=O)[C@@H](N)CCC(=O)O)C(=O)N[C@H](C(=O)N1CCC[C@H]1C(=O)N[C@H](C(=O)N[C@@H](CC(=O)O)C(=O)N1CCC[C@H]1C(=O)NCC(=O)O)C(C)C)[C@@H](C)O. The Kier molecular flexibility index (Phi) is 19.8. The standard InChI is InChI=1S/C35H56N8O14S/c1-17(2)27(33(55)39-21(15-25(47)48)34(56)42-12-5-7-22(42)31(53)37-16-26(49)50)40-32(54)23-8-6-13-43(23)35(57)28(18(3)44)41-30(52)20(11-14-58-4)38-29(51)19(36)9-10-24(45)46/h17-23,27-28,44H,5-16,36H2,1-4H3,(H,37,53)(H,38,51)(H,39,55)(H,40,54)(H,41,52)(H,45,46)(H,47,48)(H,49,50)/t18-,19+,20+,21+,22+,23+,27+,28+/m1/s1. The molecule has 326 valence electrons. The number of likely N-dealkylation sites (tertiary alicyclic amines) is 2. The van der Waals surface area contributed by atoms with Crippen molar-refractivity contribution in [3.63, 3.8) is 0 Å². The Morgan fingerprint density at radius 2 is 1.26 bits per heavy atom. The molecule has 58 heavy (non-hydrogen) atoms. The van der Waals surface area contributed by atoms with Crippen LogP contribution in [0.15, 0.2) is 0 Å². The van der Waals surface area contributed by atoms with Gasteiger partial charge in [0.05, 0.1) is 18.6 Å². The monoisotopic (exact) mass is 844 g/mol. The Labute approximate surface area is 339 Å². The molecule has 23 heteroatoms. The minimum absolute atomic E-state index is 0.0336. The molecule has 0 bridgehead atoms. The van der Waals surface area contributed by atoms with E-state index in [1.165, 1.54) is 18.7 Å². The maximum Gasteiger partial charge on any atom is 0.322 e. The molecule has 2 heterocycles. The van der Waals surface area contributed by atoms with Gasteiger partial charge >= 0.3 is 17.9 Å². The Morgan fingerprint density at radius 3 is 1.78 bits per heavy atom. The number of thioether (sulfide) groups is 1. The van der Waals surface area contributed by atoms with Gasteiger partial charge in [0, 0.05) is 19.5 Å². The zero-order valence-electron chi connectivity index (χ0n) is 32.9. The molecule has 0 spiro atoms. The van der Waals surface area contributed by atoms with E-state index in [9.17, 15) is 58.2 Å². The molecule has 2 aliphatic rings. The second-order valence-electron chi connectivity index (χ2n) is 14.5. The minimum Gasteiger partial charge on any atom is -0.481 e. The summed E-state index contributed by atoms with van der Waals surface area (Å²) in [5.41, 5.74) is 5.81. The number of hydrogen-bond acceptors (Lipinski definition) is 13. The molecule has 8 atom stereocenters. The van der Waals surface area contributed by atoms with Crippen molar-refractivity contribution in [1.29, 1.82) is 0 Å². The summed E-state index contributed by atoms with van der Waals surface area (Å²) in [7, 11) is 0. The number of carboxylic acids is 3. The average Bonchev–Trinajstić information content (AvgIpc) is 3.85. The zero-order chi connectivity index (χ0) is 43.9. The van der Waals surface area contributed by atoms with E-state index in [2.05, 4.69) is 26.6 Å². The van der Waals surface area contributed by atoms with Gasteiger partial charge in [-0.25, -0.2) is 0 Å². The van der Waals surface area contributed by atoms with Crippen LogP contribution in [0.2, 0.25) is 0 Å². The van der Waals surface area contributed by atoms with Crippen LogP contribution >= 0.6 is 11.8 Å². The lowest BCUT2D eigenvalue weighted by molar-refractivity contribution is -0.147. The number of nitrogens with zero attached hydrogens (tertiary/aromatic N) is 2. The van der Waals surface area contributed by atoms with E-state index in [4.69, 9.17) is 15.9 Å². The maximum absolute atomic E-state index is 13.9. The first-order chi connectivity index (χ1) is 27.2. The van der Waals surface area contributed by atoms with Gasteiger partial charge < -0.3 is 62.5 Å². The smallest absolute Gasteiger partial charge is 0.322 e. The Balaban J connectivity index is 2.22. The van der Waals surface area contributed by atoms with Crippen LogP contribution < -0.4 is 32.3 Å². The normalized spacial score (nSPS) is 19.5. The fourth-order valence-electron chi connectivity index (χ4n) is 6.52. The topological polar surface area (TPSA) is 344 Å². The van der Waals surface area contributed by atoms with Gasteiger partial charge in [-0.1, -0.05) is 13.8 Å². The van der Waals surface area contributed by atoms with Gasteiger partial charge in [0.1, 0.15) is 42.8 Å². The number of rotatable bonds is 23. The fraction of sp³-hybridized carbons (Fsp3) is 0.714. The van der Waals surface area contributed by atoms with Crippen LogP contribution in [0.1, 0.15) is 72.1 Å². The van der Waals surface area contributed by atoms with Crippen LogP contribution in [-0.4, -0.2) is 170 Å². The third-order valence-corrected chi connectivity index (χ3v) is 10.3. The zero-order valence-corrected chi connectivity index (χ0v) is 33.7. The van der Waals surface area contributed by atoms with Gasteiger partial charge in [-0.2, -0.15) is 11.8 Å². The predicted molar refractivity (Wildman–Crippen MR) is 204 cm³/mol. The van der Waals surface area contributed by atoms with E-state index >= 15 is 0 Å². The molecule has 2 aliphatic heterocycles. The van der Waals surface area contributed by atoms with Gasteiger partial charge in [-0.3, -0.25) is 47.9 Å². The van der Waals surface area contributed by atoms with Gasteiger partial charge in [0.15, 0.2) is 0 Å². The molecule has 22 nitrogen and oxygen atoms in total. The van der Waals surface area contributed by atoms with E-state index in [1.54, 1.807) is 20.1 Å². The van der Waals surface area contributed by atoms with Crippen molar-refractivity contribution in [3.05, 3.63) is 0 Å². The summed E-state index contributed by atoms with van der Waals surface area (Å²) in [6.45, 7) is 3.76. The van der Waals surface area contributed by atoms with E-state index < -0.39 is 127 Å². The molecule has 2 rings (SSSR count). The summed E-state index contributed by atoms with van der Waals surface area (Å²) in [5, 5.41) is 50.1. The average molecular weight is 845 g/mol. The Morgan fingerprint density at radius 1 is 0.690 bits per heavy atom. The molecule has 11 N–H and O–H groups in total. The van der Waals surface area contributed by atoms with Gasteiger partial charge in [0.25, 0.3) is 0 Å². The second kappa shape index (κ2) is 23.4. The van der Waals surface area contributed by atoms with Crippen LogP contribution in [0.4, 0.5) is 0 Å². The molecule has 0 radical (unpaired) electrons. The molecular formula is C35H56N8O14S. The molecule has 0 saturated carbocycles. The van der Waals surface area contributed by atoms with Crippen molar-refractivity contribution in [1.82, 2.24) is 36.4 Å². The number of carboxylic acid groups (broad SMARTS) is 3. The van der Waals surface area contributed by atoms with Gasteiger partial charge in [-0.15, -0.1) is 0 Å². The first-order valence-electron chi connectivity index (χ1n) is 18.9. The van der Waals surface area contributed by atoms with E-state index in [0.29, 0.717) is 18.6 Å². The second-order valence-corrected chi connectivity index (χ2v) is 15.5. The largest absolute Gasteiger partial charge is 0.481 e. The van der Waals surface area contributed by atoms with Crippen LogP contribution in [0.5, 0.6) is 0 Å². The van der Waals surface area contributed by atoms with Crippen LogP contribution in [0, 0.1) is 5.92 Å². The van der Waals surface area contributed by atoms with Crippen LogP contribution in [0.3, 0.4) is 0 Å². The summed E-state index contributed by atoms with van der Waals surface area (Å²) in [6, 6.07) is -9.32. The summed E-state index contributed by atoms with van der Waals surface area (Å²) in [4.78, 5) is 129. The number of carbonyl (C=O) groups is 10. The molecule has 7 amide bonds. The lowest BCUT2D eigenvalue weighted by atomic mass is 10.0. The van der Waals surface area contributed by atoms with Crippen molar-refractivity contribution >= 4 is 71.0 Å². The van der Waals surface area contributed by atoms with Crippen molar-refractivity contribution in [2.75, 3.05) is 31.6 Å². The van der Waals surface area contributed by atoms with E-state index in [1.807, 2.05) is 0 Å². The number of carbonyl (C=O) groups excluding carboxylic acids is 7. The first-order valence-corrected chi connectivity index (χ1v) is 20.3. The van der Waals surface area contributed by atoms with Crippen molar-refractivity contribution in [3.8, 4) is 0 Å². The highest BCUT2D eigenvalue weighted by molar-refractivity contribution is 7.98. The highest BCUT2D eigenvalue weighted by Gasteiger charge is 2.43. The molecule has 0 aliphatic carbocycles. The molecule has 2 saturated heterocycles. The lowest BCUT2D eigenvalue weighted by Gasteiger charge is -2.32. The van der Waals surface area contributed by atoms with Crippen molar-refractivity contribution in [2.45, 2.75) is 121 Å². The third-order valence-electron chi connectivity index (χ3n) is 9.63. The number of aliphatic carboxylic acids is 3. The summed E-state index contributed by atoms with van der Waals surface area (Å²) in [5.74, 6) is -10.00. The van der Waals surface area contributed by atoms with Crippen LogP contribution in [-0.2, 0) is 47.9 Å². The number of nitrogens with two attached hydrogens (primary N) is 1.